The number of carbonyl (C=O) groups excluding carboxylic acids is 1. The van der Waals surface area contributed by atoms with Gasteiger partial charge in [0.05, 0.1) is 30.7 Å². The average molecular weight is 548 g/mol. The lowest BCUT2D eigenvalue weighted by Gasteiger charge is -2.26. The number of carbonyl (C=O) groups is 1. The van der Waals surface area contributed by atoms with Crippen LogP contribution >= 0.6 is 15.9 Å². The standard InChI is InChI=1S/C29H26BrNO5/c1-4-5-14-35-23-13-7-18(16-24(23)34-3)26-25-27(32)21-15-17(2)6-12-22(21)36-28(25)29(33)31(26)20-10-8-19(30)9-11-20/h6-13,15-16,26H,4-5,14H2,1-3H3. The van der Waals surface area contributed by atoms with Crippen molar-refractivity contribution in [2.75, 3.05) is 18.6 Å². The summed E-state index contributed by atoms with van der Waals surface area (Å²) < 4.78 is 18.5. The van der Waals surface area contributed by atoms with Crippen LogP contribution in [0.25, 0.3) is 11.0 Å². The molecular weight excluding hydrogens is 522 g/mol. The molecule has 1 atom stereocenters. The normalized spacial score (nSPS) is 14.8. The first kappa shape index (κ1) is 24.1. The Morgan fingerprint density at radius 3 is 2.50 bits per heavy atom. The van der Waals surface area contributed by atoms with Crippen LogP contribution in [0.4, 0.5) is 5.69 Å². The van der Waals surface area contributed by atoms with Gasteiger partial charge in [0, 0.05) is 10.2 Å². The van der Waals surface area contributed by atoms with Crippen LogP contribution in [0, 0.1) is 6.92 Å². The Morgan fingerprint density at radius 2 is 1.78 bits per heavy atom. The molecule has 2 heterocycles. The second-order valence-corrected chi connectivity index (χ2v) is 9.76. The number of unbranched alkanes of at least 4 members (excludes halogenated alkanes) is 1. The predicted molar refractivity (Wildman–Crippen MR) is 143 cm³/mol. The summed E-state index contributed by atoms with van der Waals surface area (Å²) in [5.41, 5.74) is 2.82. The van der Waals surface area contributed by atoms with Gasteiger partial charge in [0.25, 0.3) is 5.91 Å². The van der Waals surface area contributed by atoms with Crippen molar-refractivity contribution in [1.82, 2.24) is 0 Å². The van der Waals surface area contributed by atoms with E-state index in [9.17, 15) is 9.59 Å². The van der Waals surface area contributed by atoms with Crippen LogP contribution in [0.5, 0.6) is 11.5 Å². The second-order valence-electron chi connectivity index (χ2n) is 8.84. The van der Waals surface area contributed by atoms with Gasteiger partial charge in [-0.15, -0.1) is 0 Å². The predicted octanol–water partition coefficient (Wildman–Crippen LogP) is 6.80. The molecule has 1 aliphatic rings. The number of fused-ring (bicyclic) bond motifs is 2. The number of nitrogens with zero attached hydrogens (tertiary/aromatic N) is 1. The zero-order chi connectivity index (χ0) is 25.4. The van der Waals surface area contributed by atoms with Crippen molar-refractivity contribution in [2.24, 2.45) is 0 Å². The number of anilines is 1. The molecule has 0 saturated carbocycles. The molecule has 4 aromatic rings. The van der Waals surface area contributed by atoms with Gasteiger partial charge in [0.1, 0.15) is 5.58 Å². The lowest BCUT2D eigenvalue weighted by atomic mass is 9.97. The monoisotopic (exact) mass is 547 g/mol. The average Bonchev–Trinajstić information content (AvgIpc) is 3.17. The van der Waals surface area contributed by atoms with Crippen LogP contribution in [0.3, 0.4) is 0 Å². The summed E-state index contributed by atoms with van der Waals surface area (Å²) >= 11 is 3.46. The van der Waals surface area contributed by atoms with Crippen molar-refractivity contribution >= 4 is 38.5 Å². The van der Waals surface area contributed by atoms with Crippen LogP contribution in [0.15, 0.2) is 74.3 Å². The van der Waals surface area contributed by atoms with Gasteiger partial charge in [-0.25, -0.2) is 0 Å². The highest BCUT2D eigenvalue weighted by Crippen LogP contribution is 2.43. The van der Waals surface area contributed by atoms with Gasteiger partial charge in [0.15, 0.2) is 16.9 Å². The van der Waals surface area contributed by atoms with E-state index in [-0.39, 0.29) is 17.1 Å². The minimum atomic E-state index is -0.687. The van der Waals surface area contributed by atoms with Crippen LogP contribution in [0.1, 0.15) is 53.1 Å². The van der Waals surface area contributed by atoms with Crippen LogP contribution < -0.4 is 19.8 Å². The van der Waals surface area contributed by atoms with E-state index in [0.717, 1.165) is 28.4 Å². The van der Waals surface area contributed by atoms with Gasteiger partial charge in [-0.2, -0.15) is 0 Å². The van der Waals surface area contributed by atoms with Gasteiger partial charge in [-0.3, -0.25) is 14.5 Å². The van der Waals surface area contributed by atoms with Crippen molar-refractivity contribution in [3.8, 4) is 11.5 Å². The molecule has 7 heteroatoms. The zero-order valence-electron chi connectivity index (χ0n) is 20.3. The molecule has 3 aromatic carbocycles. The van der Waals surface area contributed by atoms with Crippen molar-refractivity contribution in [1.29, 1.82) is 0 Å². The highest BCUT2D eigenvalue weighted by molar-refractivity contribution is 9.10. The van der Waals surface area contributed by atoms with Crippen LogP contribution in [0.2, 0.25) is 0 Å². The summed E-state index contributed by atoms with van der Waals surface area (Å²) in [7, 11) is 1.58. The highest BCUT2D eigenvalue weighted by Gasteiger charge is 2.44. The SMILES string of the molecule is CCCCOc1ccc(C2c3c(oc4ccc(C)cc4c3=O)C(=O)N2c2ccc(Br)cc2)cc1OC. The summed E-state index contributed by atoms with van der Waals surface area (Å²) in [6.07, 6.45) is 1.95. The fraction of sp³-hybridized carbons (Fsp3) is 0.241. The summed E-state index contributed by atoms with van der Waals surface area (Å²) in [5.74, 6) is 0.863. The Labute approximate surface area is 217 Å². The van der Waals surface area contributed by atoms with E-state index in [1.165, 1.54) is 0 Å². The van der Waals surface area contributed by atoms with E-state index in [1.807, 2.05) is 55.5 Å². The molecule has 5 rings (SSSR count). The fourth-order valence-corrected chi connectivity index (χ4v) is 4.83. The van der Waals surface area contributed by atoms with Crippen molar-refractivity contribution in [2.45, 2.75) is 32.7 Å². The lowest BCUT2D eigenvalue weighted by Crippen LogP contribution is -2.29. The summed E-state index contributed by atoms with van der Waals surface area (Å²) in [5, 5.41) is 0.454. The Bertz CT molecular complexity index is 1510. The molecule has 0 aliphatic carbocycles. The molecule has 1 unspecified atom stereocenters. The minimum absolute atomic E-state index is 0.0616. The Morgan fingerprint density at radius 1 is 1.00 bits per heavy atom. The molecule has 0 bridgehead atoms. The van der Waals surface area contributed by atoms with Gasteiger partial charge in [-0.05, 0) is 67.4 Å². The van der Waals surface area contributed by atoms with E-state index in [1.54, 1.807) is 24.1 Å². The number of methoxy groups -OCH3 is 1. The molecule has 36 heavy (non-hydrogen) atoms. The number of rotatable bonds is 7. The van der Waals surface area contributed by atoms with Crippen LogP contribution in [-0.4, -0.2) is 19.6 Å². The maximum Gasteiger partial charge on any atom is 0.295 e. The first-order chi connectivity index (χ1) is 17.4. The number of ether oxygens (including phenoxy) is 2. The van der Waals surface area contributed by atoms with Crippen molar-refractivity contribution in [3.63, 3.8) is 0 Å². The van der Waals surface area contributed by atoms with Gasteiger partial charge >= 0.3 is 0 Å². The number of halogens is 1. The van der Waals surface area contributed by atoms with E-state index in [2.05, 4.69) is 22.9 Å². The molecular formula is C29H26BrNO5. The van der Waals surface area contributed by atoms with Crippen molar-refractivity contribution in [3.05, 3.63) is 97.8 Å². The second kappa shape index (κ2) is 9.82. The Balaban J connectivity index is 1.71. The number of amides is 1. The third kappa shape index (κ3) is 4.17. The summed E-state index contributed by atoms with van der Waals surface area (Å²) in [6.45, 7) is 4.60. The maximum atomic E-state index is 13.8. The number of hydrogen-bond acceptors (Lipinski definition) is 5. The molecule has 0 saturated heterocycles. The maximum absolute atomic E-state index is 13.8. The topological polar surface area (TPSA) is 69.0 Å². The van der Waals surface area contributed by atoms with Crippen LogP contribution in [-0.2, 0) is 0 Å². The Kier molecular flexibility index (Phi) is 6.58. The third-order valence-electron chi connectivity index (χ3n) is 6.39. The zero-order valence-corrected chi connectivity index (χ0v) is 21.9. The fourth-order valence-electron chi connectivity index (χ4n) is 4.57. The molecule has 0 N–H and O–H groups in total. The number of hydrogen-bond donors (Lipinski definition) is 0. The quantitative estimate of drug-likeness (QED) is 0.238. The highest BCUT2D eigenvalue weighted by atomic mass is 79.9. The molecule has 184 valence electrons. The summed E-state index contributed by atoms with van der Waals surface area (Å²) in [4.78, 5) is 29.2. The van der Waals surface area contributed by atoms with E-state index >= 15 is 0 Å². The van der Waals surface area contributed by atoms with Gasteiger partial charge in [-0.1, -0.05) is 47.0 Å². The molecule has 0 spiro atoms. The van der Waals surface area contributed by atoms with Gasteiger partial charge in [0.2, 0.25) is 5.76 Å². The Hall–Kier alpha value is -3.58. The molecule has 6 nitrogen and oxygen atoms in total. The first-order valence-electron chi connectivity index (χ1n) is 11.9. The summed E-state index contributed by atoms with van der Waals surface area (Å²) in [6, 6.07) is 17.7. The third-order valence-corrected chi connectivity index (χ3v) is 6.92. The van der Waals surface area contributed by atoms with Crippen molar-refractivity contribution < 1.29 is 18.7 Å². The van der Waals surface area contributed by atoms with E-state index < -0.39 is 6.04 Å². The van der Waals surface area contributed by atoms with E-state index in [4.69, 9.17) is 13.9 Å². The largest absolute Gasteiger partial charge is 0.493 e. The smallest absolute Gasteiger partial charge is 0.295 e. The number of benzene rings is 3. The first-order valence-corrected chi connectivity index (χ1v) is 12.7. The van der Waals surface area contributed by atoms with Gasteiger partial charge < -0.3 is 13.9 Å². The molecule has 0 radical (unpaired) electrons. The minimum Gasteiger partial charge on any atom is -0.493 e. The molecule has 1 aliphatic heterocycles. The number of aryl methyl sites for hydroxylation is 1. The lowest BCUT2D eigenvalue weighted by molar-refractivity contribution is 0.0971. The molecule has 0 fully saturated rings. The molecule has 1 amide bonds. The molecule has 1 aromatic heterocycles. The van der Waals surface area contributed by atoms with E-state index in [0.29, 0.717) is 40.3 Å².